The largest absolute Gasteiger partial charge is 0.472 e. The summed E-state index contributed by atoms with van der Waals surface area (Å²) in [6.07, 6.45) is 8.28. The molecule has 1 aliphatic carbocycles. The van der Waals surface area contributed by atoms with Crippen molar-refractivity contribution in [2.24, 2.45) is 0 Å². The van der Waals surface area contributed by atoms with E-state index in [1.54, 1.807) is 6.07 Å². The molecule has 3 heterocycles. The second-order valence-corrected chi connectivity index (χ2v) is 9.46. The molecule has 0 unspecified atom stereocenters. The Bertz CT molecular complexity index is 1450. The zero-order chi connectivity index (χ0) is 24.5. The zero-order valence-corrected chi connectivity index (χ0v) is 19.9. The number of hydrogen-bond donors (Lipinski definition) is 1. The van der Waals surface area contributed by atoms with Gasteiger partial charge >= 0.3 is 0 Å². The fourth-order valence-corrected chi connectivity index (χ4v) is 5.34. The number of aromatic nitrogens is 1. The van der Waals surface area contributed by atoms with Crippen LogP contribution >= 0.6 is 0 Å². The first-order chi connectivity index (χ1) is 17.7. The van der Waals surface area contributed by atoms with E-state index in [2.05, 4.69) is 23.5 Å². The molecule has 0 saturated carbocycles. The minimum Gasteiger partial charge on any atom is -0.472 e. The van der Waals surface area contributed by atoms with Crippen LogP contribution in [0.2, 0.25) is 0 Å². The summed E-state index contributed by atoms with van der Waals surface area (Å²) in [6, 6.07) is 19.8. The van der Waals surface area contributed by atoms with Crippen molar-refractivity contribution >= 4 is 34.4 Å². The number of likely N-dealkylation sites (tertiary alicyclic amines) is 1. The van der Waals surface area contributed by atoms with E-state index in [0.29, 0.717) is 18.7 Å². The van der Waals surface area contributed by atoms with Gasteiger partial charge in [-0.2, -0.15) is 0 Å². The lowest BCUT2D eigenvalue weighted by Gasteiger charge is -2.32. The Morgan fingerprint density at radius 3 is 2.53 bits per heavy atom. The summed E-state index contributed by atoms with van der Waals surface area (Å²) in [7, 11) is 0. The van der Waals surface area contributed by atoms with Crippen molar-refractivity contribution < 1.29 is 14.0 Å². The lowest BCUT2D eigenvalue weighted by Crippen LogP contribution is -2.46. The molecule has 180 valence electrons. The van der Waals surface area contributed by atoms with Crippen molar-refractivity contribution in [2.45, 2.75) is 31.7 Å². The Labute approximate surface area is 209 Å². The minimum atomic E-state index is -0.0505. The Balaban J connectivity index is 1.25. The van der Waals surface area contributed by atoms with Crippen LogP contribution in [0.5, 0.6) is 0 Å². The van der Waals surface area contributed by atoms with Crippen molar-refractivity contribution in [1.29, 1.82) is 0 Å². The lowest BCUT2D eigenvalue weighted by molar-refractivity contribution is 0.0697. The van der Waals surface area contributed by atoms with Gasteiger partial charge in [0.2, 0.25) is 0 Å². The average molecular weight is 478 g/mol. The number of nitrogens with one attached hydrogen (secondary N) is 1. The van der Waals surface area contributed by atoms with Gasteiger partial charge in [0.1, 0.15) is 6.26 Å². The standard InChI is InChI=1S/C30H27N3O3/c34-29(31-23-12-15-33(16-13-23)30(35)22-14-17-36-19-22)27-24-8-4-5-9-26(24)32-28-21(10-11-25(27)28)18-20-6-2-1-3-7-20/h1-9,14,17-19,23H,10-13,15-16H2,(H,31,34)/b21-18+. The highest BCUT2D eigenvalue weighted by Gasteiger charge is 2.29. The molecule has 4 aromatic rings. The smallest absolute Gasteiger partial charge is 0.257 e. The number of hydrogen-bond acceptors (Lipinski definition) is 4. The highest BCUT2D eigenvalue weighted by atomic mass is 16.3. The highest BCUT2D eigenvalue weighted by Crippen LogP contribution is 2.37. The molecule has 2 amide bonds. The van der Waals surface area contributed by atoms with E-state index in [1.807, 2.05) is 47.4 Å². The van der Waals surface area contributed by atoms with E-state index in [4.69, 9.17) is 9.40 Å². The van der Waals surface area contributed by atoms with Crippen LogP contribution in [0, 0.1) is 0 Å². The summed E-state index contributed by atoms with van der Waals surface area (Å²) in [6.45, 7) is 1.21. The summed E-state index contributed by atoms with van der Waals surface area (Å²) in [4.78, 5) is 33.1. The first-order valence-electron chi connectivity index (χ1n) is 12.5. The van der Waals surface area contributed by atoms with Crippen molar-refractivity contribution in [3.8, 4) is 0 Å². The van der Waals surface area contributed by atoms with Gasteiger partial charge < -0.3 is 14.6 Å². The zero-order valence-electron chi connectivity index (χ0n) is 19.9. The van der Waals surface area contributed by atoms with Crippen molar-refractivity contribution in [3.05, 3.63) is 101 Å². The molecule has 2 aromatic heterocycles. The predicted molar refractivity (Wildman–Crippen MR) is 139 cm³/mol. The Hall–Kier alpha value is -4.19. The second kappa shape index (κ2) is 9.46. The summed E-state index contributed by atoms with van der Waals surface area (Å²) in [5, 5.41) is 4.16. The number of pyridine rings is 1. The molecule has 0 atom stereocenters. The number of piperidine rings is 1. The number of allylic oxidation sites excluding steroid dienone is 1. The second-order valence-electron chi connectivity index (χ2n) is 9.46. The number of rotatable bonds is 4. The molecule has 1 fully saturated rings. The third-order valence-corrected chi connectivity index (χ3v) is 7.19. The van der Waals surface area contributed by atoms with Crippen LogP contribution < -0.4 is 5.32 Å². The van der Waals surface area contributed by atoms with E-state index in [9.17, 15) is 9.59 Å². The maximum absolute atomic E-state index is 13.7. The van der Waals surface area contributed by atoms with Crippen LogP contribution in [0.1, 0.15) is 56.8 Å². The van der Waals surface area contributed by atoms with Gasteiger partial charge in [-0.25, -0.2) is 4.98 Å². The monoisotopic (exact) mass is 477 g/mol. The van der Waals surface area contributed by atoms with E-state index in [0.717, 1.165) is 59.0 Å². The number of amides is 2. The molecule has 6 heteroatoms. The molecule has 0 bridgehead atoms. The molecule has 2 aliphatic rings. The van der Waals surface area contributed by atoms with Gasteiger partial charge in [0.05, 0.1) is 28.6 Å². The number of para-hydroxylation sites is 1. The van der Waals surface area contributed by atoms with Crippen molar-refractivity contribution in [1.82, 2.24) is 15.2 Å². The van der Waals surface area contributed by atoms with Gasteiger partial charge in [-0.05, 0) is 60.6 Å². The Morgan fingerprint density at radius 1 is 0.972 bits per heavy atom. The molecular formula is C30H27N3O3. The molecule has 6 nitrogen and oxygen atoms in total. The Morgan fingerprint density at radius 2 is 1.75 bits per heavy atom. The summed E-state index contributed by atoms with van der Waals surface area (Å²) in [5.74, 6) is -0.0744. The fraction of sp³-hybridized carbons (Fsp3) is 0.233. The molecule has 36 heavy (non-hydrogen) atoms. The Kier molecular flexibility index (Phi) is 5.85. The molecule has 1 aliphatic heterocycles. The first kappa shape index (κ1) is 22.3. The fourth-order valence-electron chi connectivity index (χ4n) is 5.34. The predicted octanol–water partition coefficient (Wildman–Crippen LogP) is 5.35. The third kappa shape index (κ3) is 4.19. The number of furan rings is 1. The first-order valence-corrected chi connectivity index (χ1v) is 12.5. The quantitative estimate of drug-likeness (QED) is 0.430. The maximum atomic E-state index is 13.7. The summed E-state index contributed by atoms with van der Waals surface area (Å²) < 4.78 is 5.05. The minimum absolute atomic E-state index is 0.0224. The number of benzene rings is 2. The molecular weight excluding hydrogens is 450 g/mol. The third-order valence-electron chi connectivity index (χ3n) is 7.19. The normalized spacial score (nSPS) is 16.9. The van der Waals surface area contributed by atoms with Crippen LogP contribution in [0.15, 0.2) is 77.6 Å². The van der Waals surface area contributed by atoms with E-state index < -0.39 is 0 Å². The van der Waals surface area contributed by atoms with Gasteiger partial charge in [0, 0.05) is 24.5 Å². The SMILES string of the molecule is O=C(NC1CCN(C(=O)c2ccoc2)CC1)c1c2c(nc3ccccc13)/C(=C/c1ccccc1)CC2. The van der Waals surface area contributed by atoms with Crippen LogP contribution in [0.25, 0.3) is 22.6 Å². The number of carbonyl (C=O) groups is 2. The topological polar surface area (TPSA) is 75.4 Å². The summed E-state index contributed by atoms with van der Waals surface area (Å²) in [5.41, 5.74) is 6.41. The molecule has 1 saturated heterocycles. The maximum Gasteiger partial charge on any atom is 0.257 e. The molecule has 0 radical (unpaired) electrons. The molecule has 0 spiro atoms. The van der Waals surface area contributed by atoms with Crippen LogP contribution in [-0.2, 0) is 6.42 Å². The van der Waals surface area contributed by atoms with Crippen LogP contribution in [0.3, 0.4) is 0 Å². The van der Waals surface area contributed by atoms with Crippen LogP contribution in [0.4, 0.5) is 0 Å². The van der Waals surface area contributed by atoms with Crippen molar-refractivity contribution in [2.75, 3.05) is 13.1 Å². The molecule has 2 aromatic carbocycles. The highest BCUT2D eigenvalue weighted by molar-refractivity contribution is 6.09. The molecule has 6 rings (SSSR count). The molecule has 1 N–H and O–H groups in total. The number of fused-ring (bicyclic) bond motifs is 2. The number of carbonyl (C=O) groups excluding carboxylic acids is 2. The van der Waals surface area contributed by atoms with E-state index >= 15 is 0 Å². The van der Waals surface area contributed by atoms with Gasteiger partial charge in [-0.3, -0.25) is 9.59 Å². The van der Waals surface area contributed by atoms with Gasteiger partial charge in [0.25, 0.3) is 11.8 Å². The lowest BCUT2D eigenvalue weighted by atomic mass is 9.98. The van der Waals surface area contributed by atoms with Crippen molar-refractivity contribution in [3.63, 3.8) is 0 Å². The van der Waals surface area contributed by atoms with Crippen LogP contribution in [-0.4, -0.2) is 40.8 Å². The van der Waals surface area contributed by atoms with E-state index in [-0.39, 0.29) is 17.9 Å². The van der Waals surface area contributed by atoms with Gasteiger partial charge in [0.15, 0.2) is 0 Å². The summed E-state index contributed by atoms with van der Waals surface area (Å²) >= 11 is 0. The van der Waals surface area contributed by atoms with Gasteiger partial charge in [-0.15, -0.1) is 0 Å². The average Bonchev–Trinajstić information content (AvgIpc) is 3.59. The van der Waals surface area contributed by atoms with Gasteiger partial charge in [-0.1, -0.05) is 48.5 Å². The number of nitrogens with zero attached hydrogens (tertiary/aromatic N) is 2. The van der Waals surface area contributed by atoms with E-state index in [1.165, 1.54) is 18.1 Å².